The maximum atomic E-state index is 11.0. The van der Waals surface area contributed by atoms with Gasteiger partial charge in [0.25, 0.3) is 0 Å². The fourth-order valence-corrected chi connectivity index (χ4v) is 1.42. The lowest BCUT2D eigenvalue weighted by Gasteiger charge is -2.06. The summed E-state index contributed by atoms with van der Waals surface area (Å²) < 4.78 is 5.39. The van der Waals surface area contributed by atoms with Crippen LogP contribution in [0.3, 0.4) is 0 Å². The number of ether oxygens (including phenoxy) is 1. The molecule has 0 saturated carbocycles. The largest absolute Gasteiger partial charge is 0.490 e. The van der Waals surface area contributed by atoms with E-state index in [0.29, 0.717) is 19.6 Å². The van der Waals surface area contributed by atoms with E-state index in [1.807, 2.05) is 24.3 Å². The van der Waals surface area contributed by atoms with Gasteiger partial charge in [0.15, 0.2) is 0 Å². The predicted molar refractivity (Wildman–Crippen MR) is 72.5 cm³/mol. The molecule has 1 amide bonds. The molecule has 1 aromatic rings. The summed E-state index contributed by atoms with van der Waals surface area (Å²) in [5, 5.41) is 5.80. The lowest BCUT2D eigenvalue weighted by Crippen LogP contribution is -2.24. The first-order valence-electron chi connectivity index (χ1n) is 6.00. The average molecular weight is 248 g/mol. The summed E-state index contributed by atoms with van der Waals surface area (Å²) in [5.74, 6) is 0.889. The summed E-state index contributed by atoms with van der Waals surface area (Å²) in [7, 11) is 1.64. The Morgan fingerprint density at radius 1 is 1.39 bits per heavy atom. The van der Waals surface area contributed by atoms with E-state index in [-0.39, 0.29) is 5.91 Å². The molecular formula is C14H20N2O2. The topological polar surface area (TPSA) is 50.4 Å². The first kappa shape index (κ1) is 14.3. The minimum absolute atomic E-state index is 0.0515. The summed E-state index contributed by atoms with van der Waals surface area (Å²) in [5.41, 5.74) is 1.16. The first-order chi connectivity index (χ1) is 8.76. The summed E-state index contributed by atoms with van der Waals surface area (Å²) in [4.78, 5) is 11.0. The van der Waals surface area contributed by atoms with Crippen LogP contribution in [0.1, 0.15) is 12.0 Å². The highest BCUT2D eigenvalue weighted by Crippen LogP contribution is 2.11. The molecule has 0 aromatic heterocycles. The molecule has 0 radical (unpaired) electrons. The quantitative estimate of drug-likeness (QED) is 0.541. The van der Waals surface area contributed by atoms with E-state index in [9.17, 15) is 4.79 Å². The Labute approximate surface area is 108 Å². The Hall–Kier alpha value is -1.81. The lowest BCUT2D eigenvalue weighted by molar-refractivity contribution is -0.120. The normalized spacial score (nSPS) is 9.83. The highest BCUT2D eigenvalue weighted by Gasteiger charge is 1.98. The highest BCUT2D eigenvalue weighted by atomic mass is 16.5. The van der Waals surface area contributed by atoms with Gasteiger partial charge in [-0.2, -0.15) is 0 Å². The molecule has 4 nitrogen and oxygen atoms in total. The fraction of sp³-hybridized carbons (Fsp3) is 0.357. The van der Waals surface area contributed by atoms with Gasteiger partial charge in [0.2, 0.25) is 5.91 Å². The van der Waals surface area contributed by atoms with Crippen molar-refractivity contribution >= 4 is 5.91 Å². The summed E-state index contributed by atoms with van der Waals surface area (Å²) in [6.07, 6.45) is 2.21. The fourth-order valence-electron chi connectivity index (χ4n) is 1.42. The second kappa shape index (κ2) is 8.31. The van der Waals surface area contributed by atoms with Gasteiger partial charge in [-0.15, -0.1) is 0 Å². The number of carbonyl (C=O) groups is 1. The summed E-state index contributed by atoms with van der Waals surface area (Å²) in [6.45, 7) is 5.54. The van der Waals surface area contributed by atoms with Crippen LogP contribution in [-0.2, 0) is 11.3 Å². The number of rotatable bonds is 8. The second-order valence-corrected chi connectivity index (χ2v) is 3.84. The van der Waals surface area contributed by atoms with Gasteiger partial charge in [-0.25, -0.2) is 0 Å². The zero-order valence-electron chi connectivity index (χ0n) is 10.7. The van der Waals surface area contributed by atoms with Crippen molar-refractivity contribution in [2.24, 2.45) is 0 Å². The number of carbonyl (C=O) groups excluding carboxylic acids is 1. The van der Waals surface area contributed by atoms with E-state index in [4.69, 9.17) is 4.74 Å². The van der Waals surface area contributed by atoms with Gasteiger partial charge in [0.05, 0.1) is 0 Å². The van der Waals surface area contributed by atoms with E-state index in [2.05, 4.69) is 17.2 Å². The van der Waals surface area contributed by atoms with Crippen LogP contribution >= 0.6 is 0 Å². The van der Waals surface area contributed by atoms with E-state index in [0.717, 1.165) is 17.9 Å². The molecule has 0 fully saturated rings. The maximum Gasteiger partial charge on any atom is 0.221 e. The first-order valence-corrected chi connectivity index (χ1v) is 6.00. The van der Waals surface area contributed by atoms with Crippen LogP contribution in [0.2, 0.25) is 0 Å². The molecule has 0 aliphatic heterocycles. The summed E-state index contributed by atoms with van der Waals surface area (Å²) >= 11 is 0. The van der Waals surface area contributed by atoms with Crippen molar-refractivity contribution in [2.75, 3.05) is 20.2 Å². The smallest absolute Gasteiger partial charge is 0.221 e. The third kappa shape index (κ3) is 5.50. The number of hydrogen-bond donors (Lipinski definition) is 2. The maximum absolute atomic E-state index is 11.0. The van der Waals surface area contributed by atoms with Gasteiger partial charge in [0.1, 0.15) is 12.4 Å². The molecule has 0 unspecified atom stereocenters. The molecule has 0 aliphatic carbocycles. The Morgan fingerprint density at radius 2 is 2.11 bits per heavy atom. The molecule has 18 heavy (non-hydrogen) atoms. The molecule has 1 aromatic carbocycles. The lowest BCUT2D eigenvalue weighted by atomic mass is 10.2. The van der Waals surface area contributed by atoms with Crippen molar-refractivity contribution in [2.45, 2.75) is 13.0 Å². The van der Waals surface area contributed by atoms with Crippen LogP contribution in [0.4, 0.5) is 0 Å². The second-order valence-electron chi connectivity index (χ2n) is 3.84. The molecule has 0 saturated heterocycles. The van der Waals surface area contributed by atoms with Gasteiger partial charge < -0.3 is 15.4 Å². The van der Waals surface area contributed by atoms with Gasteiger partial charge in [-0.05, 0) is 17.7 Å². The minimum Gasteiger partial charge on any atom is -0.490 e. The van der Waals surface area contributed by atoms with Crippen LogP contribution in [0.15, 0.2) is 36.9 Å². The van der Waals surface area contributed by atoms with Crippen molar-refractivity contribution in [3.05, 3.63) is 42.5 Å². The molecule has 0 aliphatic rings. The van der Waals surface area contributed by atoms with Gasteiger partial charge >= 0.3 is 0 Å². The monoisotopic (exact) mass is 248 g/mol. The predicted octanol–water partition coefficient (Wildman–Crippen LogP) is 1.48. The highest BCUT2D eigenvalue weighted by molar-refractivity contribution is 5.75. The van der Waals surface area contributed by atoms with E-state index >= 15 is 0 Å². The van der Waals surface area contributed by atoms with Crippen molar-refractivity contribution in [3.63, 3.8) is 0 Å². The SMILES string of the molecule is C=CCOc1ccc(CNCCC(=O)NC)cc1. The molecule has 4 heteroatoms. The van der Waals surface area contributed by atoms with Crippen LogP contribution in [0.5, 0.6) is 5.75 Å². The third-order valence-corrected chi connectivity index (χ3v) is 2.43. The average Bonchev–Trinajstić information content (AvgIpc) is 2.42. The Kier molecular flexibility index (Phi) is 6.58. The van der Waals surface area contributed by atoms with Gasteiger partial charge in [0, 0.05) is 26.6 Å². The van der Waals surface area contributed by atoms with Crippen LogP contribution in [0.25, 0.3) is 0 Å². The minimum atomic E-state index is 0.0515. The Balaban J connectivity index is 2.26. The summed E-state index contributed by atoms with van der Waals surface area (Å²) in [6, 6.07) is 7.87. The standard InChI is InChI=1S/C14H20N2O2/c1-3-10-18-13-6-4-12(5-7-13)11-16-9-8-14(17)15-2/h3-7,16H,1,8-11H2,2H3,(H,15,17). The van der Waals surface area contributed by atoms with Crippen molar-refractivity contribution in [1.82, 2.24) is 10.6 Å². The van der Waals surface area contributed by atoms with Crippen LogP contribution in [-0.4, -0.2) is 26.1 Å². The number of amides is 1. The van der Waals surface area contributed by atoms with Gasteiger partial charge in [-0.1, -0.05) is 24.8 Å². The van der Waals surface area contributed by atoms with Gasteiger partial charge in [-0.3, -0.25) is 4.79 Å². The number of hydrogen-bond acceptors (Lipinski definition) is 3. The van der Waals surface area contributed by atoms with Crippen molar-refractivity contribution < 1.29 is 9.53 Å². The van der Waals surface area contributed by atoms with E-state index < -0.39 is 0 Å². The molecule has 98 valence electrons. The van der Waals surface area contributed by atoms with Crippen LogP contribution < -0.4 is 15.4 Å². The Morgan fingerprint density at radius 3 is 2.72 bits per heavy atom. The number of benzene rings is 1. The molecule has 0 heterocycles. The third-order valence-electron chi connectivity index (χ3n) is 2.43. The zero-order chi connectivity index (χ0) is 13.2. The molecule has 0 atom stereocenters. The van der Waals surface area contributed by atoms with Crippen LogP contribution in [0, 0.1) is 0 Å². The number of nitrogens with one attached hydrogen (secondary N) is 2. The zero-order valence-corrected chi connectivity index (χ0v) is 10.7. The Bertz CT molecular complexity index is 374. The van der Waals surface area contributed by atoms with E-state index in [1.54, 1.807) is 13.1 Å². The van der Waals surface area contributed by atoms with Crippen molar-refractivity contribution in [3.8, 4) is 5.75 Å². The van der Waals surface area contributed by atoms with Crippen molar-refractivity contribution in [1.29, 1.82) is 0 Å². The molecule has 0 bridgehead atoms. The molecule has 1 rings (SSSR count). The molecule has 2 N–H and O–H groups in total. The van der Waals surface area contributed by atoms with E-state index in [1.165, 1.54) is 0 Å². The molecular weight excluding hydrogens is 228 g/mol. The molecule has 0 spiro atoms.